The van der Waals surface area contributed by atoms with Gasteiger partial charge in [0.15, 0.2) is 0 Å². The maximum absolute atomic E-state index is 5.62. The molecular formula is C11H20ClNO. The van der Waals surface area contributed by atoms with Crippen LogP contribution < -0.4 is 10.9 Å². The molecule has 1 aromatic rings. The Bertz CT molecular complexity index is 243. The van der Waals surface area contributed by atoms with Gasteiger partial charge >= 0.3 is 0 Å². The van der Waals surface area contributed by atoms with Gasteiger partial charge < -0.3 is 10.9 Å². The van der Waals surface area contributed by atoms with Gasteiger partial charge in [-0.25, -0.2) is 0 Å². The number of aryl methyl sites for hydroxylation is 2. The summed E-state index contributed by atoms with van der Waals surface area (Å²) in [6.45, 7) is 7.09. The lowest BCUT2D eigenvalue weighted by atomic mass is 10.1. The molecule has 0 spiro atoms. The van der Waals surface area contributed by atoms with Gasteiger partial charge in [-0.05, 0) is 31.4 Å². The summed E-state index contributed by atoms with van der Waals surface area (Å²) in [5.41, 5.74) is 2.45. The Hall–Kier alpha value is -0.730. The third-order valence-corrected chi connectivity index (χ3v) is 1.86. The van der Waals surface area contributed by atoms with Crippen LogP contribution in [-0.2, 0) is 0 Å². The van der Waals surface area contributed by atoms with Crippen LogP contribution >= 0.6 is 12.4 Å². The lowest BCUT2D eigenvalue weighted by Crippen LogP contribution is -1.98. The Morgan fingerprint density at radius 3 is 2.07 bits per heavy atom. The second-order valence-corrected chi connectivity index (χ2v) is 3.07. The van der Waals surface area contributed by atoms with Crippen molar-refractivity contribution in [2.75, 3.05) is 6.61 Å². The lowest BCUT2D eigenvalue weighted by Gasteiger charge is -2.10. The van der Waals surface area contributed by atoms with E-state index in [1.54, 1.807) is 0 Å². The van der Waals surface area contributed by atoms with Crippen LogP contribution in [0.4, 0.5) is 0 Å². The first kappa shape index (κ1) is 15.7. The fourth-order valence-corrected chi connectivity index (χ4v) is 1.23. The second-order valence-electron chi connectivity index (χ2n) is 3.07. The van der Waals surface area contributed by atoms with E-state index >= 15 is 0 Å². The van der Waals surface area contributed by atoms with Gasteiger partial charge in [0, 0.05) is 0 Å². The van der Waals surface area contributed by atoms with Gasteiger partial charge in [-0.2, -0.15) is 0 Å². The van der Waals surface area contributed by atoms with Crippen LogP contribution in [0.2, 0.25) is 0 Å². The van der Waals surface area contributed by atoms with Crippen LogP contribution in [0.15, 0.2) is 18.2 Å². The van der Waals surface area contributed by atoms with Crippen LogP contribution in [0, 0.1) is 13.8 Å². The first-order valence-corrected chi connectivity index (χ1v) is 4.44. The van der Waals surface area contributed by atoms with Crippen LogP contribution in [0.1, 0.15) is 24.5 Å². The monoisotopic (exact) mass is 217 g/mol. The third-order valence-electron chi connectivity index (χ3n) is 1.86. The average Bonchev–Trinajstić information content (AvgIpc) is 2.04. The molecule has 0 aliphatic carbocycles. The van der Waals surface area contributed by atoms with E-state index in [1.807, 2.05) is 0 Å². The van der Waals surface area contributed by atoms with Gasteiger partial charge in [0.05, 0.1) is 6.61 Å². The van der Waals surface area contributed by atoms with E-state index in [1.165, 1.54) is 11.1 Å². The topological polar surface area (TPSA) is 44.2 Å². The van der Waals surface area contributed by atoms with E-state index in [0.29, 0.717) is 0 Å². The highest BCUT2D eigenvalue weighted by molar-refractivity contribution is 5.85. The maximum atomic E-state index is 5.62. The predicted molar refractivity (Wildman–Crippen MR) is 64.0 cm³/mol. The Morgan fingerprint density at radius 1 is 1.14 bits per heavy atom. The Balaban J connectivity index is 0. The summed E-state index contributed by atoms with van der Waals surface area (Å²) in [6.07, 6.45) is 1.06. The Morgan fingerprint density at radius 2 is 1.64 bits per heavy atom. The molecule has 0 saturated heterocycles. The van der Waals surface area contributed by atoms with E-state index < -0.39 is 0 Å². The molecular weight excluding hydrogens is 198 g/mol. The summed E-state index contributed by atoms with van der Waals surface area (Å²) >= 11 is 0. The molecule has 0 aliphatic heterocycles. The van der Waals surface area contributed by atoms with Gasteiger partial charge in [0.2, 0.25) is 0 Å². The van der Waals surface area contributed by atoms with E-state index in [9.17, 15) is 0 Å². The highest BCUT2D eigenvalue weighted by Gasteiger charge is 2.00. The number of hydrogen-bond donors (Lipinski definition) is 1. The highest BCUT2D eigenvalue weighted by atomic mass is 35.5. The zero-order chi connectivity index (χ0) is 8.97. The summed E-state index contributed by atoms with van der Waals surface area (Å²) in [4.78, 5) is 0. The number of halogens is 1. The molecule has 0 aliphatic rings. The molecule has 0 amide bonds. The molecule has 1 rings (SSSR count). The molecule has 0 bridgehead atoms. The summed E-state index contributed by atoms with van der Waals surface area (Å²) in [5.74, 6) is 1.05. The molecule has 3 N–H and O–H groups in total. The van der Waals surface area contributed by atoms with E-state index in [-0.39, 0.29) is 18.6 Å². The maximum Gasteiger partial charge on any atom is 0.125 e. The summed E-state index contributed by atoms with van der Waals surface area (Å²) < 4.78 is 5.62. The van der Waals surface area contributed by atoms with Crippen molar-refractivity contribution in [2.45, 2.75) is 27.2 Å². The van der Waals surface area contributed by atoms with Gasteiger partial charge in [-0.15, -0.1) is 12.4 Å². The van der Waals surface area contributed by atoms with Crippen LogP contribution in [-0.4, -0.2) is 6.61 Å². The fraction of sp³-hybridized carbons (Fsp3) is 0.455. The van der Waals surface area contributed by atoms with Crippen molar-refractivity contribution in [3.63, 3.8) is 0 Å². The lowest BCUT2D eigenvalue weighted by molar-refractivity contribution is 0.313. The van der Waals surface area contributed by atoms with Crippen molar-refractivity contribution in [3.05, 3.63) is 29.3 Å². The molecule has 14 heavy (non-hydrogen) atoms. The largest absolute Gasteiger partial charge is 0.493 e. The summed E-state index contributed by atoms with van der Waals surface area (Å²) in [6, 6.07) is 6.22. The smallest absolute Gasteiger partial charge is 0.125 e. The van der Waals surface area contributed by atoms with Gasteiger partial charge in [0.25, 0.3) is 0 Å². The van der Waals surface area contributed by atoms with Gasteiger partial charge in [0.1, 0.15) is 5.75 Å². The average molecular weight is 218 g/mol. The van der Waals surface area contributed by atoms with Crippen LogP contribution in [0.5, 0.6) is 5.75 Å². The van der Waals surface area contributed by atoms with Crippen LogP contribution in [0.25, 0.3) is 0 Å². The number of rotatable bonds is 3. The number of hydrogen-bond acceptors (Lipinski definition) is 2. The molecule has 2 nitrogen and oxygen atoms in total. The first-order chi connectivity index (χ1) is 5.75. The Labute approximate surface area is 92.7 Å². The van der Waals surface area contributed by atoms with Crippen molar-refractivity contribution < 1.29 is 4.74 Å². The van der Waals surface area contributed by atoms with E-state index in [2.05, 4.69) is 39.0 Å². The second kappa shape index (κ2) is 7.65. The molecule has 0 saturated carbocycles. The third kappa shape index (κ3) is 3.99. The minimum Gasteiger partial charge on any atom is -0.493 e. The van der Waals surface area contributed by atoms with Gasteiger partial charge in [-0.3, -0.25) is 0 Å². The normalized spacial score (nSPS) is 8.50. The zero-order valence-electron chi connectivity index (χ0n) is 9.17. The summed E-state index contributed by atoms with van der Waals surface area (Å²) in [7, 11) is 0. The molecule has 0 fully saturated rings. The van der Waals surface area contributed by atoms with Crippen molar-refractivity contribution in [1.82, 2.24) is 6.15 Å². The molecule has 0 atom stereocenters. The first-order valence-electron chi connectivity index (χ1n) is 4.44. The summed E-state index contributed by atoms with van der Waals surface area (Å²) in [5, 5.41) is 0. The molecule has 1 aromatic carbocycles. The predicted octanol–water partition coefficient (Wildman–Crippen LogP) is 3.68. The zero-order valence-corrected chi connectivity index (χ0v) is 9.99. The molecule has 0 unspecified atom stereocenters. The van der Waals surface area contributed by atoms with Crippen molar-refractivity contribution >= 4 is 12.4 Å². The minimum atomic E-state index is 0. The van der Waals surface area contributed by atoms with Crippen molar-refractivity contribution in [2.24, 2.45) is 0 Å². The quantitative estimate of drug-likeness (QED) is 0.840. The Kier molecular flexibility index (Phi) is 8.60. The van der Waals surface area contributed by atoms with Crippen molar-refractivity contribution in [1.29, 1.82) is 0 Å². The number of benzene rings is 1. The molecule has 0 aromatic heterocycles. The van der Waals surface area contributed by atoms with Crippen molar-refractivity contribution in [3.8, 4) is 5.75 Å². The highest BCUT2D eigenvalue weighted by Crippen LogP contribution is 2.22. The minimum absolute atomic E-state index is 0. The van der Waals surface area contributed by atoms with Crippen LogP contribution in [0.3, 0.4) is 0 Å². The van der Waals surface area contributed by atoms with Gasteiger partial charge in [-0.1, -0.05) is 25.1 Å². The van der Waals surface area contributed by atoms with E-state index in [4.69, 9.17) is 4.74 Å². The number of para-hydroxylation sites is 1. The molecule has 3 heteroatoms. The van der Waals surface area contributed by atoms with E-state index in [0.717, 1.165) is 18.8 Å². The molecule has 82 valence electrons. The standard InChI is InChI=1S/C11H16O.ClH.H3N/c1-4-8-12-11-9(2)6-5-7-10(11)3;;/h5-7H,4,8H2,1-3H3;1H;1H3. The molecule has 0 heterocycles. The number of ether oxygens (including phenoxy) is 1. The SMILES string of the molecule is CCCOc1c(C)cccc1C.Cl.N. The molecule has 0 radical (unpaired) electrons. The fourth-order valence-electron chi connectivity index (χ4n) is 1.23.